The minimum Gasteiger partial charge on any atom is -0.507 e. The highest BCUT2D eigenvalue weighted by molar-refractivity contribution is 7.09. The number of nitrogens with zero attached hydrogens (tertiary/aromatic N) is 1. The van der Waals surface area contributed by atoms with Gasteiger partial charge in [0.05, 0.1) is 5.01 Å². The molecule has 0 fully saturated rings. The molecule has 0 spiro atoms. The topological polar surface area (TPSA) is 120 Å². The number of thiazole rings is 1. The zero-order valence-electron chi connectivity index (χ0n) is 10.7. The zero-order valence-corrected chi connectivity index (χ0v) is 11.6. The number of carboxylic acid groups (broad SMARTS) is 1. The molecule has 0 unspecified atom stereocenters. The van der Waals surface area contributed by atoms with Gasteiger partial charge in [0.15, 0.2) is 5.69 Å². The lowest BCUT2D eigenvalue weighted by molar-refractivity contribution is 0.0690. The largest absolute Gasteiger partial charge is 0.507 e. The number of amides is 1. The molecule has 0 aliphatic rings. The smallest absolute Gasteiger partial charge is 0.355 e. The van der Waals surface area contributed by atoms with Gasteiger partial charge in [0.25, 0.3) is 5.91 Å². The SMILES string of the molecule is O=C(O)c1csc(CCNC(=O)c2c(O)cccc2O)n1. The van der Waals surface area contributed by atoms with E-state index in [-0.39, 0.29) is 29.3 Å². The average molecular weight is 308 g/mol. The van der Waals surface area contributed by atoms with Crippen LogP contribution in [-0.4, -0.2) is 38.7 Å². The number of carbonyl (C=O) groups is 2. The van der Waals surface area contributed by atoms with E-state index in [1.807, 2.05) is 0 Å². The number of carbonyl (C=O) groups excluding carboxylic acids is 1. The predicted octanol–water partition coefficient (Wildman–Crippen LogP) is 1.22. The molecular weight excluding hydrogens is 296 g/mol. The molecule has 0 aliphatic carbocycles. The Morgan fingerprint density at radius 1 is 1.24 bits per heavy atom. The highest BCUT2D eigenvalue weighted by Crippen LogP contribution is 2.25. The van der Waals surface area contributed by atoms with Gasteiger partial charge in [-0.2, -0.15) is 0 Å². The number of benzene rings is 1. The number of aromatic nitrogens is 1. The van der Waals surface area contributed by atoms with E-state index in [9.17, 15) is 19.8 Å². The van der Waals surface area contributed by atoms with Crippen molar-refractivity contribution in [3.8, 4) is 11.5 Å². The molecule has 7 nitrogen and oxygen atoms in total. The van der Waals surface area contributed by atoms with Crippen molar-refractivity contribution in [2.45, 2.75) is 6.42 Å². The van der Waals surface area contributed by atoms with Crippen molar-refractivity contribution in [3.63, 3.8) is 0 Å². The Labute approximate surface area is 123 Å². The molecule has 1 aromatic carbocycles. The summed E-state index contributed by atoms with van der Waals surface area (Å²) in [5, 5.41) is 32.4. The second-order valence-electron chi connectivity index (χ2n) is 4.11. The fraction of sp³-hybridized carbons (Fsp3) is 0.154. The summed E-state index contributed by atoms with van der Waals surface area (Å²) < 4.78 is 0. The predicted molar refractivity (Wildman–Crippen MR) is 74.9 cm³/mol. The van der Waals surface area contributed by atoms with E-state index in [0.717, 1.165) is 0 Å². The van der Waals surface area contributed by atoms with Gasteiger partial charge in [0, 0.05) is 18.3 Å². The van der Waals surface area contributed by atoms with Crippen LogP contribution in [0.1, 0.15) is 25.9 Å². The van der Waals surface area contributed by atoms with Crippen LogP contribution in [0.2, 0.25) is 0 Å². The summed E-state index contributed by atoms with van der Waals surface area (Å²) in [6.45, 7) is 0.208. The number of carboxylic acids is 1. The van der Waals surface area contributed by atoms with Gasteiger partial charge < -0.3 is 20.6 Å². The third-order valence-corrected chi connectivity index (χ3v) is 3.55. The first kappa shape index (κ1) is 14.8. The van der Waals surface area contributed by atoms with Crippen molar-refractivity contribution in [3.05, 3.63) is 39.8 Å². The van der Waals surface area contributed by atoms with Gasteiger partial charge in [0.1, 0.15) is 17.1 Å². The first-order valence-electron chi connectivity index (χ1n) is 5.96. The maximum atomic E-state index is 11.8. The van der Waals surface area contributed by atoms with Crippen LogP contribution >= 0.6 is 11.3 Å². The van der Waals surface area contributed by atoms with Crippen molar-refractivity contribution in [1.82, 2.24) is 10.3 Å². The first-order valence-corrected chi connectivity index (χ1v) is 6.84. The van der Waals surface area contributed by atoms with Crippen LogP contribution in [0, 0.1) is 0 Å². The lowest BCUT2D eigenvalue weighted by Crippen LogP contribution is -2.25. The van der Waals surface area contributed by atoms with Gasteiger partial charge in [-0.15, -0.1) is 11.3 Å². The lowest BCUT2D eigenvalue weighted by Gasteiger charge is -2.07. The van der Waals surface area contributed by atoms with Gasteiger partial charge in [-0.25, -0.2) is 9.78 Å². The molecule has 0 saturated carbocycles. The number of hydrogen-bond donors (Lipinski definition) is 4. The Morgan fingerprint density at radius 2 is 1.90 bits per heavy atom. The monoisotopic (exact) mass is 308 g/mol. The number of phenolic OH excluding ortho intramolecular Hbond substituents is 2. The number of phenols is 2. The standard InChI is InChI=1S/C13H12N2O5S/c16-8-2-1-3-9(17)11(8)12(18)14-5-4-10-15-7(6-21-10)13(19)20/h1-3,6,16-17H,4-5H2,(H,14,18)(H,19,20). The zero-order chi connectivity index (χ0) is 15.4. The summed E-state index contributed by atoms with van der Waals surface area (Å²) in [5.41, 5.74) is -0.220. The van der Waals surface area contributed by atoms with Crippen LogP contribution in [0.5, 0.6) is 11.5 Å². The van der Waals surface area contributed by atoms with Crippen LogP contribution in [0.25, 0.3) is 0 Å². The first-order chi connectivity index (χ1) is 9.99. The van der Waals surface area contributed by atoms with Gasteiger partial charge >= 0.3 is 5.97 Å². The lowest BCUT2D eigenvalue weighted by atomic mass is 10.1. The molecule has 110 valence electrons. The molecule has 4 N–H and O–H groups in total. The summed E-state index contributed by atoms with van der Waals surface area (Å²) in [7, 11) is 0. The minimum atomic E-state index is -1.10. The molecule has 8 heteroatoms. The van der Waals surface area contributed by atoms with E-state index in [1.54, 1.807) is 0 Å². The molecule has 2 aromatic rings. The van der Waals surface area contributed by atoms with E-state index < -0.39 is 11.9 Å². The highest BCUT2D eigenvalue weighted by atomic mass is 32.1. The van der Waals surface area contributed by atoms with Crippen molar-refractivity contribution in [2.24, 2.45) is 0 Å². The summed E-state index contributed by atoms with van der Waals surface area (Å²) >= 11 is 1.19. The quantitative estimate of drug-likeness (QED) is 0.659. The van der Waals surface area contributed by atoms with Crippen LogP contribution in [0.15, 0.2) is 23.6 Å². The number of nitrogens with one attached hydrogen (secondary N) is 1. The second-order valence-corrected chi connectivity index (χ2v) is 5.05. The van der Waals surface area contributed by atoms with Crippen molar-refractivity contribution in [1.29, 1.82) is 0 Å². The van der Waals surface area contributed by atoms with Gasteiger partial charge in [-0.1, -0.05) is 6.07 Å². The molecule has 0 bridgehead atoms. The molecule has 0 atom stereocenters. The molecule has 1 amide bonds. The minimum absolute atomic E-state index is 0.0281. The normalized spacial score (nSPS) is 10.3. The van der Waals surface area contributed by atoms with Crippen molar-refractivity contribution in [2.75, 3.05) is 6.54 Å². The number of aromatic carboxylic acids is 1. The highest BCUT2D eigenvalue weighted by Gasteiger charge is 2.15. The molecule has 0 aliphatic heterocycles. The van der Waals surface area contributed by atoms with E-state index in [2.05, 4.69) is 10.3 Å². The Morgan fingerprint density at radius 3 is 2.48 bits per heavy atom. The maximum Gasteiger partial charge on any atom is 0.355 e. The van der Waals surface area contributed by atoms with E-state index >= 15 is 0 Å². The maximum absolute atomic E-state index is 11.8. The van der Waals surface area contributed by atoms with E-state index in [0.29, 0.717) is 11.4 Å². The molecule has 2 rings (SSSR count). The van der Waals surface area contributed by atoms with Gasteiger partial charge in [0.2, 0.25) is 0 Å². The fourth-order valence-corrected chi connectivity index (χ4v) is 2.43. The van der Waals surface area contributed by atoms with Crippen LogP contribution in [0.4, 0.5) is 0 Å². The van der Waals surface area contributed by atoms with E-state index in [4.69, 9.17) is 5.11 Å². The molecule has 21 heavy (non-hydrogen) atoms. The summed E-state index contributed by atoms with van der Waals surface area (Å²) in [6.07, 6.45) is 0.359. The third kappa shape index (κ3) is 3.48. The van der Waals surface area contributed by atoms with Crippen LogP contribution < -0.4 is 5.32 Å². The molecular formula is C13H12N2O5S. The molecule has 0 saturated heterocycles. The van der Waals surface area contributed by atoms with Gasteiger partial charge in [-0.05, 0) is 12.1 Å². The number of aromatic hydroxyl groups is 2. The molecule has 0 radical (unpaired) electrons. The number of hydrogen-bond acceptors (Lipinski definition) is 6. The summed E-state index contributed by atoms with van der Waals surface area (Å²) in [5.74, 6) is -2.33. The molecule has 1 heterocycles. The Hall–Kier alpha value is -2.61. The van der Waals surface area contributed by atoms with Crippen molar-refractivity contribution >= 4 is 23.2 Å². The Balaban J connectivity index is 1.94. The van der Waals surface area contributed by atoms with E-state index in [1.165, 1.54) is 34.9 Å². The fourth-order valence-electron chi connectivity index (χ4n) is 1.66. The van der Waals surface area contributed by atoms with Gasteiger partial charge in [-0.3, -0.25) is 4.79 Å². The third-order valence-electron chi connectivity index (χ3n) is 2.64. The molecule has 1 aromatic heterocycles. The Bertz CT molecular complexity index is 663. The summed E-state index contributed by atoms with van der Waals surface area (Å²) in [4.78, 5) is 26.4. The Kier molecular flexibility index (Phi) is 4.39. The van der Waals surface area contributed by atoms with Crippen LogP contribution in [0.3, 0.4) is 0 Å². The summed E-state index contributed by atoms with van der Waals surface area (Å²) in [6, 6.07) is 4.02. The second kappa shape index (κ2) is 6.23. The average Bonchev–Trinajstić information content (AvgIpc) is 2.87. The number of rotatable bonds is 5. The van der Waals surface area contributed by atoms with Crippen molar-refractivity contribution < 1.29 is 24.9 Å². The van der Waals surface area contributed by atoms with Crippen LogP contribution in [-0.2, 0) is 6.42 Å².